The topological polar surface area (TPSA) is 0 Å². The Balaban J connectivity index is 2.28. The predicted molar refractivity (Wildman–Crippen MR) is 44.0 cm³/mol. The number of hydrogen-bond donors (Lipinski definition) is 0. The summed E-state index contributed by atoms with van der Waals surface area (Å²) >= 11 is 0. The van der Waals surface area contributed by atoms with Gasteiger partial charge in [-0.1, -0.05) is 29.9 Å². The van der Waals surface area contributed by atoms with Gasteiger partial charge in [-0.3, -0.25) is 0 Å². The lowest BCUT2D eigenvalue weighted by Gasteiger charge is -2.37. The van der Waals surface area contributed by atoms with Crippen molar-refractivity contribution in [3.8, 4) is 0 Å². The molecule has 0 aromatic carbocycles. The molecule has 0 heterocycles. The molecule has 2 rings (SSSR count). The summed E-state index contributed by atoms with van der Waals surface area (Å²) < 4.78 is 36.8. The molecule has 2 atom stereocenters. The zero-order chi connectivity index (χ0) is 9.64. The van der Waals surface area contributed by atoms with Gasteiger partial charge in [-0.15, -0.1) is 0 Å². The highest BCUT2D eigenvalue weighted by atomic mass is 19.4. The largest absolute Gasteiger partial charge is 0.413 e. The molecule has 3 heteroatoms. The van der Waals surface area contributed by atoms with E-state index in [1.807, 2.05) is 13.0 Å². The van der Waals surface area contributed by atoms with Crippen LogP contribution in [-0.2, 0) is 0 Å². The highest BCUT2D eigenvalue weighted by Gasteiger charge is 2.47. The van der Waals surface area contributed by atoms with Gasteiger partial charge in [0.2, 0.25) is 0 Å². The first-order chi connectivity index (χ1) is 6.00. The van der Waals surface area contributed by atoms with Gasteiger partial charge >= 0.3 is 6.18 Å². The molecule has 13 heavy (non-hydrogen) atoms. The highest BCUT2D eigenvalue weighted by molar-refractivity contribution is 5.41. The molecule has 0 N–H and O–H groups in total. The SMILES string of the molecule is CC1=CC=C[C@@H]2C(C(F)(F)F)=CC12. The fourth-order valence-electron chi connectivity index (χ4n) is 1.84. The van der Waals surface area contributed by atoms with Gasteiger partial charge in [0, 0.05) is 17.4 Å². The molecule has 0 spiro atoms. The fraction of sp³-hybridized carbons (Fsp3) is 0.400. The van der Waals surface area contributed by atoms with Crippen LogP contribution < -0.4 is 0 Å². The second kappa shape index (κ2) is 2.50. The first-order valence-corrected chi connectivity index (χ1v) is 4.14. The zero-order valence-corrected chi connectivity index (χ0v) is 7.10. The molecule has 0 saturated heterocycles. The third kappa shape index (κ3) is 1.23. The predicted octanol–water partition coefficient (Wildman–Crippen LogP) is 3.24. The van der Waals surface area contributed by atoms with E-state index < -0.39 is 12.1 Å². The van der Waals surface area contributed by atoms with Crippen LogP contribution in [0.3, 0.4) is 0 Å². The van der Waals surface area contributed by atoms with Gasteiger partial charge in [-0.05, 0) is 6.92 Å². The van der Waals surface area contributed by atoms with Crippen molar-refractivity contribution in [2.75, 3.05) is 0 Å². The summed E-state index contributed by atoms with van der Waals surface area (Å²) in [6, 6.07) is 0. The zero-order valence-electron chi connectivity index (χ0n) is 7.10. The molecule has 0 bridgehead atoms. The standard InChI is InChI=1S/C10H9F3/c1-6-3-2-4-7-8(6)5-9(7)10(11,12)13/h2-5,7-8H,1H3/t7-,8?/m0/s1. The molecular formula is C10H9F3. The minimum absolute atomic E-state index is 0.0124. The van der Waals surface area contributed by atoms with Crippen molar-refractivity contribution in [1.82, 2.24) is 0 Å². The van der Waals surface area contributed by atoms with E-state index in [4.69, 9.17) is 0 Å². The van der Waals surface area contributed by atoms with E-state index in [0.717, 1.165) is 5.57 Å². The number of allylic oxidation sites excluding steroid dienone is 6. The summed E-state index contributed by atoms with van der Waals surface area (Å²) in [6.45, 7) is 1.87. The Bertz CT molecular complexity index is 318. The third-order valence-corrected chi connectivity index (χ3v) is 2.64. The van der Waals surface area contributed by atoms with Gasteiger partial charge in [0.05, 0.1) is 0 Å². The van der Waals surface area contributed by atoms with E-state index in [2.05, 4.69) is 0 Å². The fourth-order valence-corrected chi connectivity index (χ4v) is 1.84. The van der Waals surface area contributed by atoms with Crippen molar-refractivity contribution in [2.24, 2.45) is 11.8 Å². The molecule has 0 aromatic heterocycles. The van der Waals surface area contributed by atoms with Gasteiger partial charge in [-0.2, -0.15) is 13.2 Å². The molecule has 2 aliphatic carbocycles. The van der Waals surface area contributed by atoms with Crippen LogP contribution in [0, 0.1) is 11.8 Å². The second-order valence-electron chi connectivity index (χ2n) is 3.47. The molecular weight excluding hydrogens is 177 g/mol. The quantitative estimate of drug-likeness (QED) is 0.509. The molecule has 0 radical (unpaired) electrons. The minimum atomic E-state index is -4.15. The number of hydrogen-bond acceptors (Lipinski definition) is 0. The Kier molecular flexibility index (Phi) is 1.65. The molecule has 0 saturated carbocycles. The monoisotopic (exact) mass is 186 g/mol. The number of halogens is 3. The van der Waals surface area contributed by atoms with Gasteiger partial charge in [0.25, 0.3) is 0 Å². The van der Waals surface area contributed by atoms with E-state index >= 15 is 0 Å². The van der Waals surface area contributed by atoms with Crippen molar-refractivity contribution in [2.45, 2.75) is 13.1 Å². The average Bonchev–Trinajstić information content (AvgIpc) is 1.90. The van der Waals surface area contributed by atoms with Crippen molar-refractivity contribution >= 4 is 0 Å². The maximum atomic E-state index is 12.3. The van der Waals surface area contributed by atoms with E-state index in [9.17, 15) is 13.2 Å². The van der Waals surface area contributed by atoms with Crippen LogP contribution in [0.1, 0.15) is 6.92 Å². The molecule has 2 aliphatic rings. The summed E-state index contributed by atoms with van der Waals surface area (Å²) in [7, 11) is 0. The van der Waals surface area contributed by atoms with Crippen molar-refractivity contribution < 1.29 is 13.2 Å². The maximum absolute atomic E-state index is 12.3. The van der Waals surface area contributed by atoms with Crippen LogP contribution in [0.4, 0.5) is 13.2 Å². The van der Waals surface area contributed by atoms with E-state index in [1.165, 1.54) is 6.08 Å². The molecule has 0 fully saturated rings. The van der Waals surface area contributed by atoms with Gasteiger partial charge < -0.3 is 0 Å². The van der Waals surface area contributed by atoms with E-state index in [0.29, 0.717) is 0 Å². The van der Waals surface area contributed by atoms with Crippen LogP contribution in [0.2, 0.25) is 0 Å². The first-order valence-electron chi connectivity index (χ1n) is 4.14. The van der Waals surface area contributed by atoms with Crippen LogP contribution in [0.5, 0.6) is 0 Å². The van der Waals surface area contributed by atoms with Crippen LogP contribution in [0.25, 0.3) is 0 Å². The lowest BCUT2D eigenvalue weighted by molar-refractivity contribution is -0.103. The molecule has 0 amide bonds. The Morgan fingerprint density at radius 2 is 1.92 bits per heavy atom. The normalized spacial score (nSPS) is 31.7. The number of fused-ring (bicyclic) bond motifs is 1. The molecule has 0 nitrogen and oxygen atoms in total. The minimum Gasteiger partial charge on any atom is -0.166 e. The molecule has 1 unspecified atom stereocenters. The van der Waals surface area contributed by atoms with E-state index in [1.54, 1.807) is 12.2 Å². The number of alkyl halides is 3. The lowest BCUT2D eigenvalue weighted by atomic mass is 9.69. The summed E-state index contributed by atoms with van der Waals surface area (Å²) in [5.74, 6) is -0.438. The smallest absolute Gasteiger partial charge is 0.166 e. The summed E-state index contributed by atoms with van der Waals surface area (Å²) in [4.78, 5) is 0. The van der Waals surface area contributed by atoms with Crippen LogP contribution >= 0.6 is 0 Å². The highest BCUT2D eigenvalue weighted by Crippen LogP contribution is 2.48. The van der Waals surface area contributed by atoms with Gasteiger partial charge in [0.15, 0.2) is 0 Å². The molecule has 0 aliphatic heterocycles. The molecule has 0 aromatic rings. The van der Waals surface area contributed by atoms with Crippen LogP contribution in [-0.4, -0.2) is 6.18 Å². The van der Waals surface area contributed by atoms with Crippen molar-refractivity contribution in [1.29, 1.82) is 0 Å². The average molecular weight is 186 g/mol. The second-order valence-corrected chi connectivity index (χ2v) is 3.47. The Morgan fingerprint density at radius 3 is 2.54 bits per heavy atom. The summed E-state index contributed by atoms with van der Waals surface area (Å²) in [6.07, 6.45) is 2.36. The Hall–Kier alpha value is -0.990. The van der Waals surface area contributed by atoms with Crippen LogP contribution in [0.15, 0.2) is 35.5 Å². The third-order valence-electron chi connectivity index (χ3n) is 2.64. The summed E-state index contributed by atoms with van der Waals surface area (Å²) in [5.41, 5.74) is 0.627. The molecule has 70 valence electrons. The maximum Gasteiger partial charge on any atom is 0.413 e. The summed E-state index contributed by atoms with van der Waals surface area (Å²) in [5, 5.41) is 0. The van der Waals surface area contributed by atoms with Gasteiger partial charge in [-0.25, -0.2) is 0 Å². The Morgan fingerprint density at radius 1 is 1.23 bits per heavy atom. The van der Waals surface area contributed by atoms with Gasteiger partial charge in [0.1, 0.15) is 0 Å². The Labute approximate surface area is 74.4 Å². The van der Waals surface area contributed by atoms with E-state index in [-0.39, 0.29) is 11.5 Å². The number of rotatable bonds is 0. The lowest BCUT2D eigenvalue weighted by Crippen LogP contribution is -2.34. The first kappa shape index (κ1) is 8.60. The van der Waals surface area contributed by atoms with Crippen molar-refractivity contribution in [3.63, 3.8) is 0 Å². The van der Waals surface area contributed by atoms with Crippen molar-refractivity contribution in [3.05, 3.63) is 35.5 Å².